The summed E-state index contributed by atoms with van der Waals surface area (Å²) in [6, 6.07) is 6.60. The lowest BCUT2D eigenvalue weighted by Gasteiger charge is -2.06. The SMILES string of the molecule is N#Cc1cccc(C(=O)CBr)c1C(=O)CBr. The summed E-state index contributed by atoms with van der Waals surface area (Å²) in [5.74, 6) is -0.470. The molecule has 0 radical (unpaired) electrons. The average molecular weight is 345 g/mol. The number of Topliss-reactive ketones (excluding diaryl/α,β-unsaturated/α-hetero) is 2. The number of rotatable bonds is 4. The van der Waals surface area contributed by atoms with E-state index < -0.39 is 0 Å². The van der Waals surface area contributed by atoms with E-state index in [0.717, 1.165) is 0 Å². The van der Waals surface area contributed by atoms with E-state index in [0.29, 0.717) is 5.56 Å². The quantitative estimate of drug-likeness (QED) is 0.623. The van der Waals surface area contributed by atoms with Crippen LogP contribution < -0.4 is 0 Å². The fourth-order valence-electron chi connectivity index (χ4n) is 1.32. The lowest BCUT2D eigenvalue weighted by molar-refractivity contribution is 0.0987. The van der Waals surface area contributed by atoms with Crippen molar-refractivity contribution in [1.82, 2.24) is 0 Å². The Morgan fingerprint density at radius 3 is 2.31 bits per heavy atom. The molecule has 1 aromatic carbocycles. The highest BCUT2D eigenvalue weighted by Gasteiger charge is 2.19. The van der Waals surface area contributed by atoms with Gasteiger partial charge in [0.2, 0.25) is 0 Å². The Kier molecular flexibility index (Phi) is 4.84. The predicted molar refractivity (Wildman–Crippen MR) is 67.4 cm³/mol. The highest BCUT2D eigenvalue weighted by Crippen LogP contribution is 2.17. The normalized spacial score (nSPS) is 9.56. The summed E-state index contributed by atoms with van der Waals surface area (Å²) in [5, 5.41) is 9.12. The molecular weight excluding hydrogens is 338 g/mol. The van der Waals surface area contributed by atoms with Crippen LogP contribution in [0, 0.1) is 11.3 Å². The van der Waals surface area contributed by atoms with E-state index in [1.54, 1.807) is 12.1 Å². The maximum Gasteiger partial charge on any atom is 0.175 e. The zero-order valence-corrected chi connectivity index (χ0v) is 11.3. The summed E-state index contributed by atoms with van der Waals surface area (Å²) < 4.78 is 0. The smallest absolute Gasteiger partial charge is 0.175 e. The maximum atomic E-state index is 11.7. The van der Waals surface area contributed by atoms with Crippen molar-refractivity contribution >= 4 is 43.4 Å². The van der Waals surface area contributed by atoms with E-state index in [-0.39, 0.29) is 33.4 Å². The Hall–Kier alpha value is -0.990. The molecule has 0 saturated heterocycles. The molecule has 0 atom stereocenters. The molecule has 0 amide bonds. The Morgan fingerprint density at radius 2 is 1.81 bits per heavy atom. The Bertz CT molecular complexity index is 477. The minimum absolute atomic E-state index is 0.0915. The molecule has 0 aromatic heterocycles. The van der Waals surface area contributed by atoms with Gasteiger partial charge in [0.15, 0.2) is 11.6 Å². The first-order chi connectivity index (χ1) is 7.65. The molecular formula is C11H7Br2NO2. The van der Waals surface area contributed by atoms with Crippen LogP contribution in [0.25, 0.3) is 0 Å². The van der Waals surface area contributed by atoms with Crippen molar-refractivity contribution in [2.24, 2.45) is 0 Å². The lowest BCUT2D eigenvalue weighted by Crippen LogP contribution is -2.12. The molecule has 0 aliphatic heterocycles. The Labute approximate surface area is 110 Å². The third kappa shape index (κ3) is 2.57. The number of halogens is 2. The van der Waals surface area contributed by atoms with Gasteiger partial charge in [0, 0.05) is 11.1 Å². The van der Waals surface area contributed by atoms with Crippen LogP contribution in [0.2, 0.25) is 0 Å². The van der Waals surface area contributed by atoms with Crippen LogP contribution in [0.1, 0.15) is 26.3 Å². The van der Waals surface area contributed by atoms with E-state index in [2.05, 4.69) is 31.9 Å². The van der Waals surface area contributed by atoms with E-state index in [1.165, 1.54) is 6.07 Å². The molecule has 0 bridgehead atoms. The fraction of sp³-hybridized carbons (Fsp3) is 0.182. The number of alkyl halides is 2. The van der Waals surface area contributed by atoms with Crippen LogP contribution in [0.5, 0.6) is 0 Å². The van der Waals surface area contributed by atoms with Gasteiger partial charge in [-0.25, -0.2) is 0 Å². The van der Waals surface area contributed by atoms with Crippen molar-refractivity contribution in [3.63, 3.8) is 0 Å². The standard InChI is InChI=1S/C11H7Br2NO2/c12-4-9(15)8-3-1-2-7(6-14)11(8)10(16)5-13/h1-3H,4-5H2. The van der Waals surface area contributed by atoms with E-state index in [4.69, 9.17) is 5.26 Å². The first kappa shape index (κ1) is 13.1. The third-order valence-electron chi connectivity index (χ3n) is 2.01. The minimum atomic E-state index is -0.263. The first-order valence-electron chi connectivity index (χ1n) is 4.37. The second-order valence-corrected chi connectivity index (χ2v) is 4.08. The predicted octanol–water partition coefficient (Wildman–Crippen LogP) is 2.71. The topological polar surface area (TPSA) is 57.9 Å². The molecule has 16 heavy (non-hydrogen) atoms. The molecule has 82 valence electrons. The number of carbonyl (C=O) groups excluding carboxylic acids is 2. The molecule has 1 aromatic rings. The van der Waals surface area contributed by atoms with Gasteiger partial charge < -0.3 is 0 Å². The van der Waals surface area contributed by atoms with Gasteiger partial charge in [0.05, 0.1) is 22.3 Å². The molecule has 3 nitrogen and oxygen atoms in total. The van der Waals surface area contributed by atoms with Crippen molar-refractivity contribution < 1.29 is 9.59 Å². The first-order valence-corrected chi connectivity index (χ1v) is 6.61. The number of hydrogen-bond acceptors (Lipinski definition) is 3. The second-order valence-electron chi connectivity index (χ2n) is 2.95. The van der Waals surface area contributed by atoms with Crippen LogP contribution in [0.4, 0.5) is 0 Å². The van der Waals surface area contributed by atoms with Gasteiger partial charge in [0.1, 0.15) is 0 Å². The van der Waals surface area contributed by atoms with Gasteiger partial charge in [-0.3, -0.25) is 9.59 Å². The average Bonchev–Trinajstić information content (AvgIpc) is 2.35. The van der Waals surface area contributed by atoms with Crippen molar-refractivity contribution in [2.45, 2.75) is 0 Å². The number of nitrogens with zero attached hydrogens (tertiary/aromatic N) is 1. The van der Waals surface area contributed by atoms with Gasteiger partial charge >= 0.3 is 0 Å². The third-order valence-corrected chi connectivity index (χ3v) is 3.03. The van der Waals surface area contributed by atoms with Crippen molar-refractivity contribution in [1.29, 1.82) is 5.26 Å². The van der Waals surface area contributed by atoms with Crippen LogP contribution in [0.3, 0.4) is 0 Å². The molecule has 0 saturated carbocycles. The summed E-state index contributed by atoms with van der Waals surface area (Å²) in [7, 11) is 0. The maximum absolute atomic E-state index is 11.7. The summed E-state index contributed by atoms with van der Waals surface area (Å²) in [5.41, 5.74) is 0.725. The Morgan fingerprint density at radius 1 is 1.19 bits per heavy atom. The van der Waals surface area contributed by atoms with Gasteiger partial charge in [-0.2, -0.15) is 5.26 Å². The highest BCUT2D eigenvalue weighted by molar-refractivity contribution is 9.09. The zero-order chi connectivity index (χ0) is 12.1. The highest BCUT2D eigenvalue weighted by atomic mass is 79.9. The van der Waals surface area contributed by atoms with Crippen molar-refractivity contribution in [3.05, 3.63) is 34.9 Å². The van der Waals surface area contributed by atoms with Gasteiger partial charge in [0.25, 0.3) is 0 Å². The zero-order valence-electron chi connectivity index (χ0n) is 8.17. The number of carbonyl (C=O) groups is 2. The molecule has 0 aliphatic carbocycles. The molecule has 0 unspecified atom stereocenters. The Balaban J connectivity index is 3.45. The summed E-state index contributed by atoms with van der Waals surface area (Å²) in [6.45, 7) is 0. The summed E-state index contributed by atoms with van der Waals surface area (Å²) >= 11 is 6.09. The molecule has 0 N–H and O–H groups in total. The number of ketones is 2. The molecule has 0 heterocycles. The number of hydrogen-bond donors (Lipinski definition) is 0. The van der Waals surface area contributed by atoms with Crippen molar-refractivity contribution in [2.75, 3.05) is 10.7 Å². The number of benzene rings is 1. The molecule has 5 heteroatoms. The lowest BCUT2D eigenvalue weighted by atomic mass is 9.96. The minimum Gasteiger partial charge on any atom is -0.293 e. The summed E-state index contributed by atoms with van der Waals surface area (Å²) in [4.78, 5) is 23.3. The van der Waals surface area contributed by atoms with Crippen LogP contribution in [0.15, 0.2) is 18.2 Å². The van der Waals surface area contributed by atoms with Gasteiger partial charge in [-0.15, -0.1) is 0 Å². The van der Waals surface area contributed by atoms with Crippen LogP contribution in [-0.2, 0) is 0 Å². The molecule has 0 fully saturated rings. The van der Waals surface area contributed by atoms with Gasteiger partial charge in [-0.05, 0) is 6.07 Å². The van der Waals surface area contributed by atoms with Crippen LogP contribution in [-0.4, -0.2) is 22.2 Å². The monoisotopic (exact) mass is 343 g/mol. The molecule has 0 aliphatic rings. The van der Waals surface area contributed by atoms with E-state index in [9.17, 15) is 9.59 Å². The van der Waals surface area contributed by atoms with Crippen LogP contribution >= 0.6 is 31.9 Å². The molecule has 1 rings (SSSR count). The van der Waals surface area contributed by atoms with E-state index >= 15 is 0 Å². The van der Waals surface area contributed by atoms with Crippen molar-refractivity contribution in [3.8, 4) is 6.07 Å². The van der Waals surface area contributed by atoms with E-state index in [1.807, 2.05) is 6.07 Å². The largest absolute Gasteiger partial charge is 0.293 e. The number of nitriles is 1. The molecule has 0 spiro atoms. The fourth-order valence-corrected chi connectivity index (χ4v) is 1.90. The second kappa shape index (κ2) is 5.92. The van der Waals surface area contributed by atoms with Gasteiger partial charge in [-0.1, -0.05) is 44.0 Å². The summed E-state index contributed by atoms with van der Waals surface area (Å²) in [6.07, 6.45) is 0.